The second-order valence-corrected chi connectivity index (χ2v) is 17.6. The molecule has 9 heteroatoms. The van der Waals surface area contributed by atoms with Crippen molar-refractivity contribution in [3.63, 3.8) is 0 Å². The number of phosphoric acid groups is 2. The fourth-order valence-electron chi connectivity index (χ4n) is 7.77. The van der Waals surface area contributed by atoms with Crippen LogP contribution in [0.1, 0.15) is 197 Å². The molecular formula is C38H80O7P2. The van der Waals surface area contributed by atoms with Crippen LogP contribution >= 0.6 is 15.6 Å². The fraction of sp³-hybridized carbons (Fsp3) is 1.00. The molecule has 0 heterocycles. The van der Waals surface area contributed by atoms with Gasteiger partial charge >= 0.3 is 15.6 Å². The molecule has 0 aliphatic carbocycles. The van der Waals surface area contributed by atoms with Crippen LogP contribution in [0.5, 0.6) is 0 Å². The highest BCUT2D eigenvalue weighted by Crippen LogP contribution is 2.61. The molecule has 0 saturated heterocycles. The van der Waals surface area contributed by atoms with Crippen LogP contribution in [-0.4, -0.2) is 23.0 Å². The van der Waals surface area contributed by atoms with Crippen LogP contribution < -0.4 is 0 Å². The van der Waals surface area contributed by atoms with Crippen LogP contribution in [0.3, 0.4) is 0 Å². The first-order chi connectivity index (χ1) is 22.4. The fourth-order valence-corrected chi connectivity index (χ4v) is 9.92. The van der Waals surface area contributed by atoms with Gasteiger partial charge in [-0.25, -0.2) is 9.13 Å². The molecule has 0 amide bonds. The van der Waals surface area contributed by atoms with Crippen LogP contribution in [0.25, 0.3) is 0 Å². The van der Waals surface area contributed by atoms with E-state index in [-0.39, 0.29) is 13.2 Å². The van der Waals surface area contributed by atoms with Gasteiger partial charge in [0.05, 0.1) is 13.2 Å². The standard InChI is InChI=1S/C38H80O7P2/c1-9-15-19-23-25-33(7)37(34(8)26-24-20-16-10-2)29-31-43-47(42,45-46(39,40)41)44-32-30-38(35(13-5)27-21-17-11-3)36(14-6)28-22-18-12-4/h33-38H,9-32H2,1-8H3,(H2,39,40,41). The van der Waals surface area contributed by atoms with E-state index in [1.165, 1.54) is 103 Å². The van der Waals surface area contributed by atoms with Gasteiger partial charge in [-0.3, -0.25) is 9.05 Å². The molecule has 0 radical (unpaired) electrons. The average molecular weight is 711 g/mol. The van der Waals surface area contributed by atoms with Crippen molar-refractivity contribution in [3.05, 3.63) is 0 Å². The molecule has 5 unspecified atom stereocenters. The maximum Gasteiger partial charge on any atom is 0.483 e. The molecule has 7 nitrogen and oxygen atoms in total. The Morgan fingerprint density at radius 1 is 0.489 bits per heavy atom. The number of hydrogen-bond donors (Lipinski definition) is 2. The van der Waals surface area contributed by atoms with E-state index in [9.17, 15) is 18.9 Å². The first-order valence-corrected chi connectivity index (χ1v) is 23.1. The lowest BCUT2D eigenvalue weighted by Gasteiger charge is -2.34. The molecule has 47 heavy (non-hydrogen) atoms. The van der Waals surface area contributed by atoms with Gasteiger partial charge in [0.15, 0.2) is 0 Å². The summed E-state index contributed by atoms with van der Waals surface area (Å²) in [6.45, 7) is 18.3. The molecule has 0 bridgehead atoms. The molecular weight excluding hydrogens is 630 g/mol. The first-order valence-electron chi connectivity index (χ1n) is 20.1. The van der Waals surface area contributed by atoms with E-state index in [0.29, 0.717) is 48.3 Å². The van der Waals surface area contributed by atoms with Crippen molar-refractivity contribution in [1.29, 1.82) is 0 Å². The number of unbranched alkanes of at least 4 members (excludes halogenated alkanes) is 10. The summed E-state index contributed by atoms with van der Waals surface area (Å²) in [6.07, 6.45) is 25.2. The number of hydrogen-bond acceptors (Lipinski definition) is 5. The molecule has 0 fully saturated rings. The molecule has 0 aromatic heterocycles. The zero-order valence-electron chi connectivity index (χ0n) is 32.3. The van der Waals surface area contributed by atoms with Crippen molar-refractivity contribution in [2.75, 3.05) is 13.2 Å². The van der Waals surface area contributed by atoms with Crippen LogP contribution in [0.4, 0.5) is 0 Å². The summed E-state index contributed by atoms with van der Waals surface area (Å²) < 4.78 is 42.0. The van der Waals surface area contributed by atoms with E-state index in [0.717, 1.165) is 25.7 Å². The molecule has 0 aliphatic rings. The van der Waals surface area contributed by atoms with Gasteiger partial charge in [0.25, 0.3) is 0 Å². The average Bonchev–Trinajstić information content (AvgIpc) is 3.02. The molecule has 284 valence electrons. The zero-order valence-corrected chi connectivity index (χ0v) is 34.1. The number of phosphoric ester groups is 1. The lowest BCUT2D eigenvalue weighted by Crippen LogP contribution is -2.25. The van der Waals surface area contributed by atoms with Crippen molar-refractivity contribution in [2.45, 2.75) is 197 Å². The van der Waals surface area contributed by atoms with Crippen LogP contribution in [0, 0.1) is 35.5 Å². The van der Waals surface area contributed by atoms with Crippen LogP contribution in [0.15, 0.2) is 0 Å². The largest absolute Gasteiger partial charge is 0.483 e. The summed E-state index contributed by atoms with van der Waals surface area (Å²) in [5.74, 6) is 2.81. The summed E-state index contributed by atoms with van der Waals surface area (Å²) in [5.41, 5.74) is 0. The normalized spacial score (nSPS) is 17.6. The van der Waals surface area contributed by atoms with Gasteiger partial charge in [0.2, 0.25) is 0 Å². The lowest BCUT2D eigenvalue weighted by atomic mass is 9.73. The Hall–Kier alpha value is 0.260. The van der Waals surface area contributed by atoms with Crippen LogP contribution in [0.2, 0.25) is 0 Å². The van der Waals surface area contributed by atoms with Crippen molar-refractivity contribution < 1.29 is 32.3 Å². The molecule has 2 N–H and O–H groups in total. The highest BCUT2D eigenvalue weighted by Gasteiger charge is 2.37. The van der Waals surface area contributed by atoms with Crippen molar-refractivity contribution in [3.8, 4) is 0 Å². The monoisotopic (exact) mass is 711 g/mol. The Morgan fingerprint density at radius 2 is 0.851 bits per heavy atom. The van der Waals surface area contributed by atoms with E-state index in [1.54, 1.807) is 0 Å². The maximum absolute atomic E-state index is 13.8. The summed E-state index contributed by atoms with van der Waals surface area (Å²) >= 11 is 0. The number of rotatable bonds is 34. The summed E-state index contributed by atoms with van der Waals surface area (Å²) in [6, 6.07) is 0. The molecule has 5 atom stereocenters. The Labute approximate surface area is 292 Å². The van der Waals surface area contributed by atoms with Crippen molar-refractivity contribution in [2.24, 2.45) is 35.5 Å². The predicted molar refractivity (Wildman–Crippen MR) is 201 cm³/mol. The van der Waals surface area contributed by atoms with E-state index in [4.69, 9.17) is 13.4 Å². The summed E-state index contributed by atoms with van der Waals surface area (Å²) in [5, 5.41) is 0. The van der Waals surface area contributed by atoms with E-state index in [1.807, 2.05) is 0 Å². The smallest absolute Gasteiger partial charge is 0.302 e. The second-order valence-electron chi connectivity index (χ2n) is 14.6. The summed E-state index contributed by atoms with van der Waals surface area (Å²) in [7, 11) is -9.56. The van der Waals surface area contributed by atoms with Gasteiger partial charge in [0.1, 0.15) is 0 Å². The zero-order chi connectivity index (χ0) is 35.6. The lowest BCUT2D eigenvalue weighted by molar-refractivity contribution is 0.0981. The quantitative estimate of drug-likeness (QED) is 0.0506. The minimum atomic E-state index is -5.10. The molecule has 0 aliphatic heterocycles. The van der Waals surface area contributed by atoms with E-state index in [2.05, 4.69) is 55.4 Å². The minimum absolute atomic E-state index is 0.0905. The second kappa shape index (κ2) is 28.9. The van der Waals surface area contributed by atoms with E-state index >= 15 is 0 Å². The Morgan fingerprint density at radius 3 is 1.21 bits per heavy atom. The van der Waals surface area contributed by atoms with Crippen LogP contribution in [-0.2, 0) is 22.5 Å². The third-order valence-electron chi connectivity index (χ3n) is 10.7. The molecule has 0 rings (SSSR count). The minimum Gasteiger partial charge on any atom is -0.302 e. The highest BCUT2D eigenvalue weighted by molar-refractivity contribution is 7.61. The van der Waals surface area contributed by atoms with Crippen molar-refractivity contribution in [1.82, 2.24) is 0 Å². The first kappa shape index (κ1) is 47.3. The highest BCUT2D eigenvalue weighted by atomic mass is 31.3. The van der Waals surface area contributed by atoms with Gasteiger partial charge in [-0.15, -0.1) is 0 Å². The van der Waals surface area contributed by atoms with Gasteiger partial charge in [-0.05, 0) is 48.3 Å². The SMILES string of the molecule is CCCCCCC(C)C(CCOP(=O)(OCCC(C(CC)CCCCC)C(CC)CCCCC)OP(=O)(O)O)C(C)CCCCCC. The van der Waals surface area contributed by atoms with Gasteiger partial charge in [-0.1, -0.05) is 184 Å². The Balaban J connectivity index is 5.70. The third-order valence-corrected chi connectivity index (χ3v) is 13.4. The van der Waals surface area contributed by atoms with Gasteiger partial charge in [-0.2, -0.15) is 4.31 Å². The Bertz CT molecular complexity index is 769. The summed E-state index contributed by atoms with van der Waals surface area (Å²) in [4.78, 5) is 19.4. The molecule has 0 aromatic rings. The molecule has 0 aromatic carbocycles. The topological polar surface area (TPSA) is 102 Å². The predicted octanol–water partition coefficient (Wildman–Crippen LogP) is 13.7. The molecule has 0 saturated carbocycles. The van der Waals surface area contributed by atoms with Gasteiger partial charge in [0, 0.05) is 0 Å². The van der Waals surface area contributed by atoms with E-state index < -0.39 is 15.6 Å². The Kier molecular flexibility index (Phi) is 29.1. The third kappa shape index (κ3) is 23.4. The van der Waals surface area contributed by atoms with Crippen molar-refractivity contribution >= 4 is 15.6 Å². The van der Waals surface area contributed by atoms with Gasteiger partial charge < -0.3 is 9.79 Å². The maximum atomic E-state index is 13.8. The molecule has 0 spiro atoms.